The fourth-order valence-electron chi connectivity index (χ4n) is 2.62. The largest absolute Gasteiger partial charge is 0.265 e. The van der Waals surface area contributed by atoms with E-state index >= 15 is 0 Å². The summed E-state index contributed by atoms with van der Waals surface area (Å²) in [5.74, 6) is 0. The van der Waals surface area contributed by atoms with Gasteiger partial charge in [0.05, 0.1) is 4.90 Å². The molecule has 2 aromatic rings. The first-order valence-corrected chi connectivity index (χ1v) is 8.69. The van der Waals surface area contributed by atoms with Gasteiger partial charge in [0.1, 0.15) is 0 Å². The molecule has 1 N–H and O–H groups in total. The molecule has 1 aromatic heterocycles. The highest BCUT2D eigenvalue weighted by Gasteiger charge is 2.23. The number of nitrogens with zero attached hydrogens (tertiary/aromatic N) is 1. The monoisotopic (exact) mass is 318 g/mol. The molecule has 0 unspecified atom stereocenters. The Bertz CT molecular complexity index is 768. The Labute approximate surface area is 132 Å². The Hall–Kier alpha value is -1.72. The molecule has 0 atom stereocenters. The summed E-state index contributed by atoms with van der Waals surface area (Å²) in [5, 5.41) is 0. The van der Waals surface area contributed by atoms with Crippen molar-refractivity contribution in [3.05, 3.63) is 57.9 Å². The van der Waals surface area contributed by atoms with Crippen LogP contribution < -0.4 is 4.72 Å². The second kappa shape index (κ2) is 6.18. The summed E-state index contributed by atoms with van der Waals surface area (Å²) in [6, 6.07) is 3.60. The minimum Gasteiger partial charge on any atom is -0.265 e. The second-order valence-corrected chi connectivity index (χ2v) is 7.34. The van der Waals surface area contributed by atoms with Crippen LogP contribution in [0.5, 0.6) is 0 Å². The summed E-state index contributed by atoms with van der Waals surface area (Å²) in [7, 11) is -3.55. The van der Waals surface area contributed by atoms with Gasteiger partial charge < -0.3 is 0 Å². The number of rotatable bonds is 4. The smallest absolute Gasteiger partial charge is 0.241 e. The molecule has 0 amide bonds. The zero-order chi connectivity index (χ0) is 16.5. The van der Waals surface area contributed by atoms with E-state index in [1.807, 2.05) is 34.6 Å². The van der Waals surface area contributed by atoms with Crippen LogP contribution in [0.1, 0.15) is 33.4 Å². The number of pyridine rings is 1. The molecule has 22 heavy (non-hydrogen) atoms. The molecule has 0 saturated carbocycles. The van der Waals surface area contributed by atoms with Gasteiger partial charge >= 0.3 is 0 Å². The number of aromatic nitrogens is 1. The lowest BCUT2D eigenvalue weighted by molar-refractivity contribution is 0.579. The number of hydrogen-bond acceptors (Lipinski definition) is 3. The van der Waals surface area contributed by atoms with Crippen molar-refractivity contribution in [2.24, 2.45) is 0 Å². The molecule has 0 fully saturated rings. The lowest BCUT2D eigenvalue weighted by atomic mass is 9.95. The lowest BCUT2D eigenvalue weighted by Gasteiger charge is -2.19. The Morgan fingerprint density at radius 2 is 1.32 bits per heavy atom. The Morgan fingerprint density at radius 3 is 1.82 bits per heavy atom. The molecular formula is C17H22N2O2S. The Morgan fingerprint density at radius 1 is 0.864 bits per heavy atom. The maximum atomic E-state index is 12.7. The molecule has 0 saturated heterocycles. The maximum absolute atomic E-state index is 12.7. The van der Waals surface area contributed by atoms with Gasteiger partial charge in [-0.3, -0.25) is 4.98 Å². The van der Waals surface area contributed by atoms with E-state index < -0.39 is 10.0 Å². The molecule has 0 radical (unpaired) electrons. The van der Waals surface area contributed by atoms with Crippen LogP contribution in [0, 0.1) is 34.6 Å². The van der Waals surface area contributed by atoms with E-state index in [0.717, 1.165) is 33.4 Å². The highest BCUT2D eigenvalue weighted by molar-refractivity contribution is 7.89. The van der Waals surface area contributed by atoms with Crippen molar-refractivity contribution in [2.75, 3.05) is 0 Å². The van der Waals surface area contributed by atoms with Crippen molar-refractivity contribution in [2.45, 2.75) is 46.1 Å². The minimum atomic E-state index is -3.55. The van der Waals surface area contributed by atoms with Crippen LogP contribution in [0.3, 0.4) is 0 Å². The molecule has 0 bridgehead atoms. The van der Waals surface area contributed by atoms with Crippen LogP contribution in [-0.4, -0.2) is 13.4 Å². The van der Waals surface area contributed by atoms with E-state index in [2.05, 4.69) is 9.71 Å². The van der Waals surface area contributed by atoms with E-state index in [0.29, 0.717) is 4.90 Å². The lowest BCUT2D eigenvalue weighted by Crippen LogP contribution is -2.25. The van der Waals surface area contributed by atoms with E-state index in [-0.39, 0.29) is 6.54 Å². The van der Waals surface area contributed by atoms with Crippen molar-refractivity contribution in [3.8, 4) is 0 Å². The maximum Gasteiger partial charge on any atom is 0.241 e. The van der Waals surface area contributed by atoms with E-state index in [1.54, 1.807) is 24.5 Å². The molecule has 0 aliphatic heterocycles. The van der Waals surface area contributed by atoms with Gasteiger partial charge in [-0.25, -0.2) is 13.1 Å². The summed E-state index contributed by atoms with van der Waals surface area (Å²) in [4.78, 5) is 4.34. The molecule has 5 heteroatoms. The fraction of sp³-hybridized carbons (Fsp3) is 0.353. The standard InChI is InChI=1S/C17H22N2O2S/c1-11-12(2)14(4)17(15(5)13(11)3)22(20,21)19-10-16-6-8-18-9-7-16/h6-9,19H,10H2,1-5H3. The van der Waals surface area contributed by atoms with Crippen LogP contribution in [-0.2, 0) is 16.6 Å². The molecule has 118 valence electrons. The fourth-order valence-corrected chi connectivity index (χ4v) is 4.23. The molecule has 1 heterocycles. The Kier molecular flexibility index (Phi) is 4.68. The van der Waals surface area contributed by atoms with Crippen LogP contribution in [0.25, 0.3) is 0 Å². The van der Waals surface area contributed by atoms with Crippen LogP contribution in [0.4, 0.5) is 0 Å². The first kappa shape index (κ1) is 16.6. The molecule has 2 rings (SSSR count). The topological polar surface area (TPSA) is 59.1 Å². The summed E-state index contributed by atoms with van der Waals surface area (Å²) >= 11 is 0. The quantitative estimate of drug-likeness (QED) is 0.942. The van der Waals surface area contributed by atoms with E-state index in [1.165, 1.54) is 0 Å². The minimum absolute atomic E-state index is 0.260. The van der Waals surface area contributed by atoms with Crippen molar-refractivity contribution in [1.82, 2.24) is 9.71 Å². The molecule has 1 aromatic carbocycles. The average molecular weight is 318 g/mol. The zero-order valence-corrected chi connectivity index (χ0v) is 14.5. The third-order valence-corrected chi connectivity index (χ3v) is 6.09. The summed E-state index contributed by atoms with van der Waals surface area (Å²) in [5.41, 5.74) is 5.75. The van der Waals surface area contributed by atoms with Crippen LogP contribution >= 0.6 is 0 Å². The van der Waals surface area contributed by atoms with E-state index in [9.17, 15) is 8.42 Å². The number of hydrogen-bond donors (Lipinski definition) is 1. The van der Waals surface area contributed by atoms with Crippen molar-refractivity contribution in [3.63, 3.8) is 0 Å². The average Bonchev–Trinajstić information content (AvgIpc) is 2.50. The normalized spacial score (nSPS) is 11.7. The highest BCUT2D eigenvalue weighted by Crippen LogP contribution is 2.29. The SMILES string of the molecule is Cc1c(C)c(C)c(S(=O)(=O)NCc2ccncc2)c(C)c1C. The zero-order valence-electron chi connectivity index (χ0n) is 13.7. The van der Waals surface area contributed by atoms with Gasteiger partial charge in [-0.15, -0.1) is 0 Å². The summed E-state index contributed by atoms with van der Waals surface area (Å²) in [6.07, 6.45) is 3.31. The predicted molar refractivity (Wildman–Crippen MR) is 88.4 cm³/mol. The molecule has 0 aliphatic rings. The van der Waals surface area contributed by atoms with Gasteiger partial charge in [-0.2, -0.15) is 0 Å². The van der Waals surface area contributed by atoms with Crippen molar-refractivity contribution >= 4 is 10.0 Å². The van der Waals surface area contributed by atoms with Gasteiger partial charge in [-0.1, -0.05) is 0 Å². The van der Waals surface area contributed by atoms with Crippen molar-refractivity contribution < 1.29 is 8.42 Å². The third-order valence-electron chi connectivity index (χ3n) is 4.42. The first-order chi connectivity index (χ1) is 10.3. The first-order valence-electron chi connectivity index (χ1n) is 7.21. The van der Waals surface area contributed by atoms with Crippen LogP contribution in [0.15, 0.2) is 29.4 Å². The van der Waals surface area contributed by atoms with Crippen LogP contribution in [0.2, 0.25) is 0 Å². The number of benzene rings is 1. The van der Waals surface area contributed by atoms with Crippen molar-refractivity contribution in [1.29, 1.82) is 0 Å². The molecule has 0 spiro atoms. The molecular weight excluding hydrogens is 296 g/mol. The van der Waals surface area contributed by atoms with Gasteiger partial charge in [0, 0.05) is 18.9 Å². The third kappa shape index (κ3) is 3.05. The summed E-state index contributed by atoms with van der Waals surface area (Å²) in [6.45, 7) is 9.98. The van der Waals surface area contributed by atoms with Gasteiger partial charge in [0.15, 0.2) is 0 Å². The summed E-state index contributed by atoms with van der Waals surface area (Å²) < 4.78 is 28.2. The van der Waals surface area contributed by atoms with E-state index in [4.69, 9.17) is 0 Å². The predicted octanol–water partition coefficient (Wildman–Crippen LogP) is 3.10. The molecule has 0 aliphatic carbocycles. The second-order valence-electron chi connectivity index (χ2n) is 5.63. The van der Waals surface area contributed by atoms with Gasteiger partial charge in [0.2, 0.25) is 10.0 Å². The molecule has 4 nitrogen and oxygen atoms in total. The van der Waals surface area contributed by atoms with Gasteiger partial charge in [-0.05, 0) is 80.1 Å². The van der Waals surface area contributed by atoms with Gasteiger partial charge in [0.25, 0.3) is 0 Å². The number of sulfonamides is 1. The highest BCUT2D eigenvalue weighted by atomic mass is 32.2. The Balaban J connectivity index is 2.42. The number of nitrogens with one attached hydrogen (secondary N) is 1.